The summed E-state index contributed by atoms with van der Waals surface area (Å²) >= 11 is 0. The van der Waals surface area contributed by atoms with Gasteiger partial charge in [0.2, 0.25) is 10.0 Å². The van der Waals surface area contributed by atoms with E-state index in [1.807, 2.05) is 37.3 Å². The van der Waals surface area contributed by atoms with Gasteiger partial charge in [0.15, 0.2) is 5.60 Å². The number of carboxylic acid groups (broad SMARTS) is 1. The van der Waals surface area contributed by atoms with Crippen molar-refractivity contribution in [3.8, 4) is 0 Å². The molecule has 176 valence electrons. The summed E-state index contributed by atoms with van der Waals surface area (Å²) in [5.41, 5.74) is -0.831. The minimum absolute atomic E-state index is 0.0131. The van der Waals surface area contributed by atoms with Gasteiger partial charge in [0.05, 0.1) is 12.3 Å². The van der Waals surface area contributed by atoms with E-state index in [4.69, 9.17) is 4.74 Å². The highest BCUT2D eigenvalue weighted by molar-refractivity contribution is 7.89. The number of benzene rings is 1. The highest BCUT2D eigenvalue weighted by Gasteiger charge is 2.41. The molecule has 7 nitrogen and oxygen atoms in total. The smallest absolute Gasteiger partial charge is 0.337 e. The molecule has 1 aliphatic rings. The van der Waals surface area contributed by atoms with Crippen molar-refractivity contribution in [2.24, 2.45) is 5.92 Å². The van der Waals surface area contributed by atoms with Crippen LogP contribution >= 0.6 is 0 Å². The molecule has 0 aromatic heterocycles. The fourth-order valence-electron chi connectivity index (χ4n) is 3.91. The van der Waals surface area contributed by atoms with E-state index >= 15 is 0 Å². The first-order valence-electron chi connectivity index (χ1n) is 11.5. The maximum Gasteiger partial charge on any atom is 0.337 e. The molecule has 1 fully saturated rings. The first kappa shape index (κ1) is 25.8. The lowest BCUT2D eigenvalue weighted by Gasteiger charge is -2.30. The standard InChI is InChI=1S/C23H38N2O5S/c1-2-3-17-31(28,29)25-19-23(22(26)27,18-21-10-5-4-6-11-21)30-16-8-7-9-20-12-14-24-15-13-20/h4-6,10-11,20,24-25H,2-3,7-9,12-19H2,1H3,(H,26,27). The topological polar surface area (TPSA) is 105 Å². The van der Waals surface area contributed by atoms with Crippen LogP contribution in [0.15, 0.2) is 30.3 Å². The van der Waals surface area contributed by atoms with Gasteiger partial charge < -0.3 is 15.2 Å². The number of aliphatic carboxylic acids is 1. The Morgan fingerprint density at radius 1 is 1.19 bits per heavy atom. The van der Waals surface area contributed by atoms with E-state index in [2.05, 4.69) is 10.0 Å². The average molecular weight is 455 g/mol. The predicted molar refractivity (Wildman–Crippen MR) is 123 cm³/mol. The van der Waals surface area contributed by atoms with E-state index in [1.54, 1.807) is 0 Å². The molecule has 1 heterocycles. The zero-order valence-electron chi connectivity index (χ0n) is 18.6. The largest absolute Gasteiger partial charge is 0.479 e. The predicted octanol–water partition coefficient (Wildman–Crippen LogP) is 2.96. The summed E-state index contributed by atoms with van der Waals surface area (Å²) in [4.78, 5) is 12.3. The molecular weight excluding hydrogens is 416 g/mol. The number of hydrogen-bond donors (Lipinski definition) is 3. The van der Waals surface area contributed by atoms with Crippen LogP contribution in [0.25, 0.3) is 0 Å². The third-order valence-electron chi connectivity index (χ3n) is 5.91. The molecule has 0 bridgehead atoms. The van der Waals surface area contributed by atoms with E-state index in [0.29, 0.717) is 13.0 Å². The molecule has 2 rings (SSSR count). The zero-order valence-corrected chi connectivity index (χ0v) is 19.5. The number of ether oxygens (including phenoxy) is 1. The molecule has 1 unspecified atom stereocenters. The molecule has 1 saturated heterocycles. The SMILES string of the molecule is CCCCS(=O)(=O)NCC(Cc1ccccc1)(OCCCCC1CCNCC1)C(=O)O. The maximum atomic E-state index is 12.3. The summed E-state index contributed by atoms with van der Waals surface area (Å²) in [6.45, 7) is 4.06. The Labute approximate surface area is 187 Å². The fraction of sp³-hybridized carbons (Fsp3) is 0.696. The van der Waals surface area contributed by atoms with Gasteiger partial charge in [-0.05, 0) is 50.3 Å². The van der Waals surface area contributed by atoms with Crippen molar-refractivity contribution in [2.75, 3.05) is 32.0 Å². The van der Waals surface area contributed by atoms with Gasteiger partial charge in [0.25, 0.3) is 0 Å². The summed E-state index contributed by atoms with van der Waals surface area (Å²) in [6, 6.07) is 9.22. The van der Waals surface area contributed by atoms with Crippen LogP contribution in [0.1, 0.15) is 57.4 Å². The van der Waals surface area contributed by atoms with Crippen LogP contribution < -0.4 is 10.0 Å². The van der Waals surface area contributed by atoms with E-state index in [1.165, 1.54) is 12.8 Å². The average Bonchev–Trinajstić information content (AvgIpc) is 2.77. The minimum Gasteiger partial charge on any atom is -0.479 e. The van der Waals surface area contributed by atoms with Crippen molar-refractivity contribution in [2.45, 2.75) is 63.9 Å². The van der Waals surface area contributed by atoms with Gasteiger partial charge in [-0.3, -0.25) is 0 Å². The van der Waals surface area contributed by atoms with Crippen molar-refractivity contribution < 1.29 is 23.1 Å². The monoisotopic (exact) mass is 454 g/mol. The van der Waals surface area contributed by atoms with Gasteiger partial charge in [0.1, 0.15) is 0 Å². The molecular formula is C23H38N2O5S. The molecule has 0 saturated carbocycles. The van der Waals surface area contributed by atoms with Crippen molar-refractivity contribution in [3.05, 3.63) is 35.9 Å². The second-order valence-electron chi connectivity index (χ2n) is 8.49. The van der Waals surface area contributed by atoms with E-state index < -0.39 is 21.6 Å². The summed E-state index contributed by atoms with van der Waals surface area (Å²) in [5, 5.41) is 13.4. The van der Waals surface area contributed by atoms with Gasteiger partial charge >= 0.3 is 5.97 Å². The number of nitrogens with one attached hydrogen (secondary N) is 2. The summed E-state index contributed by atoms with van der Waals surface area (Å²) < 4.78 is 33.0. The highest BCUT2D eigenvalue weighted by atomic mass is 32.2. The molecule has 1 atom stereocenters. The zero-order chi connectivity index (χ0) is 22.6. The number of piperidine rings is 1. The number of rotatable bonds is 15. The van der Waals surface area contributed by atoms with E-state index in [9.17, 15) is 18.3 Å². The molecule has 1 aromatic rings. The van der Waals surface area contributed by atoms with Gasteiger partial charge in [-0.2, -0.15) is 0 Å². The van der Waals surface area contributed by atoms with Crippen LogP contribution in [0.5, 0.6) is 0 Å². The van der Waals surface area contributed by atoms with Crippen molar-refractivity contribution >= 4 is 16.0 Å². The number of unbranched alkanes of at least 4 members (excludes halogenated alkanes) is 2. The summed E-state index contributed by atoms with van der Waals surface area (Å²) in [7, 11) is -3.55. The van der Waals surface area contributed by atoms with Gasteiger partial charge in [-0.1, -0.05) is 56.5 Å². The molecule has 1 aliphatic heterocycles. The fourth-order valence-corrected chi connectivity index (χ4v) is 5.18. The minimum atomic E-state index is -3.55. The van der Waals surface area contributed by atoms with Gasteiger partial charge in [0, 0.05) is 13.0 Å². The molecule has 31 heavy (non-hydrogen) atoms. The van der Waals surface area contributed by atoms with E-state index in [-0.39, 0.29) is 18.7 Å². The highest BCUT2D eigenvalue weighted by Crippen LogP contribution is 2.22. The molecule has 8 heteroatoms. The molecule has 0 spiro atoms. The Kier molecular flexibility index (Phi) is 10.9. The molecule has 0 aliphatic carbocycles. The lowest BCUT2D eigenvalue weighted by atomic mass is 9.92. The Bertz CT molecular complexity index is 750. The Morgan fingerprint density at radius 2 is 1.90 bits per heavy atom. The Hall–Kier alpha value is -1.48. The second kappa shape index (κ2) is 13.2. The Morgan fingerprint density at radius 3 is 2.55 bits per heavy atom. The van der Waals surface area contributed by atoms with E-state index in [0.717, 1.165) is 50.3 Å². The van der Waals surface area contributed by atoms with Crippen molar-refractivity contribution in [1.82, 2.24) is 10.0 Å². The van der Waals surface area contributed by atoms with Crippen molar-refractivity contribution in [3.63, 3.8) is 0 Å². The molecule has 0 radical (unpaired) electrons. The van der Waals surface area contributed by atoms with Gasteiger partial charge in [-0.15, -0.1) is 0 Å². The molecule has 0 amide bonds. The lowest BCUT2D eigenvalue weighted by molar-refractivity contribution is -0.165. The normalized spacial score (nSPS) is 17.3. The van der Waals surface area contributed by atoms with Crippen LogP contribution in [-0.2, 0) is 26.0 Å². The number of sulfonamides is 1. The molecule has 3 N–H and O–H groups in total. The van der Waals surface area contributed by atoms with Crippen LogP contribution in [0.3, 0.4) is 0 Å². The van der Waals surface area contributed by atoms with Crippen LogP contribution in [0.2, 0.25) is 0 Å². The van der Waals surface area contributed by atoms with Crippen LogP contribution in [0.4, 0.5) is 0 Å². The third-order valence-corrected chi connectivity index (χ3v) is 7.32. The van der Waals surface area contributed by atoms with Gasteiger partial charge in [-0.25, -0.2) is 17.9 Å². The number of hydrogen-bond acceptors (Lipinski definition) is 5. The number of carboxylic acids is 1. The first-order chi connectivity index (χ1) is 14.9. The first-order valence-corrected chi connectivity index (χ1v) is 13.1. The second-order valence-corrected chi connectivity index (χ2v) is 10.4. The number of carbonyl (C=O) groups is 1. The molecule has 1 aromatic carbocycles. The van der Waals surface area contributed by atoms with Crippen LogP contribution in [-0.4, -0.2) is 57.1 Å². The summed E-state index contributed by atoms with van der Waals surface area (Å²) in [6.07, 6.45) is 6.63. The Balaban J connectivity index is 1.99. The quantitative estimate of drug-likeness (QED) is 0.352. The van der Waals surface area contributed by atoms with Crippen molar-refractivity contribution in [1.29, 1.82) is 0 Å². The third kappa shape index (κ3) is 9.27. The van der Waals surface area contributed by atoms with Crippen LogP contribution in [0, 0.1) is 5.92 Å². The lowest BCUT2D eigenvalue weighted by Crippen LogP contribution is -2.53. The maximum absolute atomic E-state index is 12.3. The summed E-state index contributed by atoms with van der Waals surface area (Å²) in [5.74, 6) is -0.436.